The second kappa shape index (κ2) is 5.33. The number of urea groups is 1. The van der Waals surface area contributed by atoms with Crippen molar-refractivity contribution >= 4 is 23.5 Å². The van der Waals surface area contributed by atoms with Gasteiger partial charge in [0, 0.05) is 5.69 Å². The Kier molecular flexibility index (Phi) is 3.58. The van der Waals surface area contributed by atoms with E-state index < -0.39 is 23.3 Å². The number of carbonyl (C=O) groups is 3. The molecule has 1 unspecified atom stereocenters. The van der Waals surface area contributed by atoms with E-state index in [2.05, 4.69) is 10.6 Å². The lowest BCUT2D eigenvalue weighted by atomic mass is 9.96. The number of rotatable bonds is 4. The molecular formula is C16H18FN3O3. The molecule has 0 spiro atoms. The summed E-state index contributed by atoms with van der Waals surface area (Å²) in [5, 5.41) is 5.29. The smallest absolute Gasteiger partial charge is 0.324 e. The van der Waals surface area contributed by atoms with Crippen LogP contribution in [0, 0.1) is 18.7 Å². The minimum absolute atomic E-state index is 0.145. The van der Waals surface area contributed by atoms with Crippen molar-refractivity contribution in [2.45, 2.75) is 32.2 Å². The van der Waals surface area contributed by atoms with Gasteiger partial charge >= 0.3 is 6.03 Å². The first kappa shape index (κ1) is 15.5. The first-order chi connectivity index (χ1) is 10.8. The highest BCUT2D eigenvalue weighted by molar-refractivity contribution is 6.10. The summed E-state index contributed by atoms with van der Waals surface area (Å²) in [6.45, 7) is 3.01. The lowest BCUT2D eigenvalue weighted by molar-refractivity contribution is -0.134. The van der Waals surface area contributed by atoms with Gasteiger partial charge in [0.1, 0.15) is 17.9 Å². The molecule has 122 valence electrons. The van der Waals surface area contributed by atoms with Crippen molar-refractivity contribution in [3.8, 4) is 0 Å². The quantitative estimate of drug-likeness (QED) is 0.831. The van der Waals surface area contributed by atoms with Gasteiger partial charge in [-0.3, -0.25) is 14.5 Å². The highest BCUT2D eigenvalue weighted by atomic mass is 19.1. The van der Waals surface area contributed by atoms with Gasteiger partial charge in [-0.15, -0.1) is 0 Å². The number of amides is 4. The van der Waals surface area contributed by atoms with Gasteiger partial charge in [0.05, 0.1) is 0 Å². The van der Waals surface area contributed by atoms with Crippen LogP contribution >= 0.6 is 0 Å². The molecule has 23 heavy (non-hydrogen) atoms. The SMILES string of the molecule is Cc1cc(F)ccc1NC(=O)CN1C(=O)NC(C)(C2CC2)C1=O. The largest absolute Gasteiger partial charge is 0.325 e. The summed E-state index contributed by atoms with van der Waals surface area (Å²) in [7, 11) is 0. The van der Waals surface area contributed by atoms with E-state index in [1.807, 2.05) is 0 Å². The van der Waals surface area contributed by atoms with E-state index in [-0.39, 0.29) is 18.4 Å². The number of carbonyl (C=O) groups excluding carboxylic acids is 3. The van der Waals surface area contributed by atoms with Crippen LogP contribution in [0.2, 0.25) is 0 Å². The van der Waals surface area contributed by atoms with E-state index in [9.17, 15) is 18.8 Å². The number of imide groups is 1. The summed E-state index contributed by atoms with van der Waals surface area (Å²) in [6.07, 6.45) is 1.80. The third-order valence-corrected chi connectivity index (χ3v) is 4.46. The average molecular weight is 319 g/mol. The minimum Gasteiger partial charge on any atom is -0.324 e. The number of anilines is 1. The van der Waals surface area contributed by atoms with Gasteiger partial charge in [-0.05, 0) is 56.4 Å². The number of hydrogen-bond donors (Lipinski definition) is 2. The van der Waals surface area contributed by atoms with Crippen molar-refractivity contribution in [2.24, 2.45) is 5.92 Å². The Morgan fingerprint density at radius 2 is 2.13 bits per heavy atom. The van der Waals surface area contributed by atoms with Crippen LogP contribution in [0.3, 0.4) is 0 Å². The molecule has 1 saturated carbocycles. The topological polar surface area (TPSA) is 78.5 Å². The van der Waals surface area contributed by atoms with E-state index in [4.69, 9.17) is 0 Å². The summed E-state index contributed by atoms with van der Waals surface area (Å²) in [5.74, 6) is -1.11. The standard InChI is InChI=1S/C16H18FN3O3/c1-9-7-11(17)5-6-12(9)18-13(21)8-20-14(22)16(2,10-3-4-10)19-15(20)23/h5-7,10H,3-4,8H2,1-2H3,(H,18,21)(H,19,23). The van der Waals surface area contributed by atoms with Gasteiger partial charge in [-0.2, -0.15) is 0 Å². The number of hydrogen-bond acceptors (Lipinski definition) is 3. The molecule has 0 radical (unpaired) electrons. The van der Waals surface area contributed by atoms with Crippen molar-refractivity contribution in [2.75, 3.05) is 11.9 Å². The molecule has 7 heteroatoms. The Labute approximate surface area is 133 Å². The second-order valence-corrected chi connectivity index (χ2v) is 6.31. The summed E-state index contributed by atoms with van der Waals surface area (Å²) < 4.78 is 13.1. The third-order valence-electron chi connectivity index (χ3n) is 4.46. The van der Waals surface area contributed by atoms with Crippen LogP contribution in [0.4, 0.5) is 14.9 Å². The van der Waals surface area contributed by atoms with Gasteiger partial charge < -0.3 is 10.6 Å². The van der Waals surface area contributed by atoms with Crippen LogP contribution in [0.15, 0.2) is 18.2 Å². The Morgan fingerprint density at radius 1 is 1.43 bits per heavy atom. The fourth-order valence-electron chi connectivity index (χ4n) is 2.90. The molecule has 1 aliphatic carbocycles. The molecule has 1 aromatic rings. The van der Waals surface area contributed by atoms with E-state index in [1.165, 1.54) is 18.2 Å². The van der Waals surface area contributed by atoms with Gasteiger partial charge in [-0.25, -0.2) is 9.18 Å². The monoisotopic (exact) mass is 319 g/mol. The van der Waals surface area contributed by atoms with Gasteiger partial charge in [0.2, 0.25) is 5.91 Å². The summed E-state index contributed by atoms with van der Waals surface area (Å²) >= 11 is 0. The number of halogens is 1. The van der Waals surface area contributed by atoms with E-state index in [0.29, 0.717) is 11.3 Å². The Bertz CT molecular complexity index is 702. The van der Waals surface area contributed by atoms with E-state index >= 15 is 0 Å². The van der Waals surface area contributed by atoms with Gasteiger partial charge in [0.15, 0.2) is 0 Å². The molecule has 1 aliphatic heterocycles. The van der Waals surface area contributed by atoms with Crippen molar-refractivity contribution in [3.05, 3.63) is 29.6 Å². The number of aryl methyl sites for hydroxylation is 1. The maximum absolute atomic E-state index is 13.1. The van der Waals surface area contributed by atoms with Crippen LogP contribution in [-0.4, -0.2) is 34.8 Å². The Balaban J connectivity index is 1.68. The van der Waals surface area contributed by atoms with Crippen molar-refractivity contribution in [3.63, 3.8) is 0 Å². The minimum atomic E-state index is -0.900. The Hall–Kier alpha value is -2.44. The molecule has 1 saturated heterocycles. The lowest BCUT2D eigenvalue weighted by Crippen LogP contribution is -2.46. The molecular weight excluding hydrogens is 301 g/mol. The van der Waals surface area contributed by atoms with Crippen molar-refractivity contribution in [1.82, 2.24) is 10.2 Å². The maximum atomic E-state index is 13.1. The summed E-state index contributed by atoms with van der Waals surface area (Å²) in [5.41, 5.74) is 0.121. The van der Waals surface area contributed by atoms with Gasteiger partial charge in [-0.1, -0.05) is 0 Å². The molecule has 2 aliphatic rings. The van der Waals surface area contributed by atoms with Gasteiger partial charge in [0.25, 0.3) is 5.91 Å². The highest BCUT2D eigenvalue weighted by Crippen LogP contribution is 2.42. The zero-order valence-corrected chi connectivity index (χ0v) is 13.0. The van der Waals surface area contributed by atoms with Crippen LogP contribution in [0.1, 0.15) is 25.3 Å². The Morgan fingerprint density at radius 3 is 2.74 bits per heavy atom. The molecule has 2 fully saturated rings. The second-order valence-electron chi connectivity index (χ2n) is 6.31. The molecule has 1 aromatic carbocycles. The van der Waals surface area contributed by atoms with E-state index in [0.717, 1.165) is 17.7 Å². The van der Waals surface area contributed by atoms with Crippen LogP contribution in [0.25, 0.3) is 0 Å². The first-order valence-corrected chi connectivity index (χ1v) is 7.51. The van der Waals surface area contributed by atoms with E-state index in [1.54, 1.807) is 13.8 Å². The zero-order valence-electron chi connectivity index (χ0n) is 13.0. The average Bonchev–Trinajstić information content (AvgIpc) is 3.28. The number of nitrogens with one attached hydrogen (secondary N) is 2. The van der Waals surface area contributed by atoms with Crippen molar-refractivity contribution < 1.29 is 18.8 Å². The normalized spacial score (nSPS) is 23.9. The molecule has 2 N–H and O–H groups in total. The first-order valence-electron chi connectivity index (χ1n) is 7.51. The molecule has 0 aromatic heterocycles. The highest BCUT2D eigenvalue weighted by Gasteiger charge is 2.56. The summed E-state index contributed by atoms with van der Waals surface area (Å²) in [4.78, 5) is 37.5. The fourth-order valence-corrected chi connectivity index (χ4v) is 2.90. The molecule has 6 nitrogen and oxygen atoms in total. The third kappa shape index (κ3) is 2.78. The molecule has 1 atom stereocenters. The molecule has 0 bridgehead atoms. The zero-order chi connectivity index (χ0) is 16.8. The lowest BCUT2D eigenvalue weighted by Gasteiger charge is -2.20. The molecule has 3 rings (SSSR count). The molecule has 1 heterocycles. The van der Waals surface area contributed by atoms with Crippen LogP contribution in [0.5, 0.6) is 0 Å². The fraction of sp³-hybridized carbons (Fsp3) is 0.438. The van der Waals surface area contributed by atoms with Crippen LogP contribution in [-0.2, 0) is 9.59 Å². The number of nitrogens with zero attached hydrogens (tertiary/aromatic N) is 1. The van der Waals surface area contributed by atoms with Crippen molar-refractivity contribution in [1.29, 1.82) is 0 Å². The summed E-state index contributed by atoms with van der Waals surface area (Å²) in [6, 6.07) is 3.44. The molecule has 4 amide bonds. The number of benzene rings is 1. The predicted molar refractivity (Wildman–Crippen MR) is 81.1 cm³/mol. The predicted octanol–water partition coefficient (Wildman–Crippen LogP) is 1.79. The maximum Gasteiger partial charge on any atom is 0.325 e. The van der Waals surface area contributed by atoms with Crippen LogP contribution < -0.4 is 10.6 Å².